The number of carboxylic acids is 1. The lowest BCUT2D eigenvalue weighted by Gasteiger charge is -2.25. The van der Waals surface area contributed by atoms with Gasteiger partial charge in [-0.15, -0.1) is 0 Å². The summed E-state index contributed by atoms with van der Waals surface area (Å²) in [6.45, 7) is 3.36. The molecule has 1 aliphatic rings. The van der Waals surface area contributed by atoms with Crippen molar-refractivity contribution in [1.29, 1.82) is 5.26 Å². The molecule has 1 aliphatic heterocycles. The standard InChI is InChI=1S/C21H16N2O5/c1-3-23-19(24)16(12(2)17(11-22)20(23)25)10-15-7-8-18(28-15)13-5-4-6-14(9-13)21(26)27/h4-10H,3H2,1-2H3,(H,26,27)/b16-10-. The van der Waals surface area contributed by atoms with Gasteiger partial charge in [0.15, 0.2) is 0 Å². The number of likely N-dealkylation sites (N-methyl/N-ethyl adjacent to an activating group) is 1. The van der Waals surface area contributed by atoms with Crippen LogP contribution in [0.15, 0.2) is 57.5 Å². The van der Waals surface area contributed by atoms with Gasteiger partial charge in [-0.05, 0) is 49.8 Å². The zero-order valence-corrected chi connectivity index (χ0v) is 15.2. The quantitative estimate of drug-likeness (QED) is 0.647. The van der Waals surface area contributed by atoms with Crippen LogP contribution in [0.2, 0.25) is 0 Å². The first-order valence-electron chi connectivity index (χ1n) is 8.50. The Hall–Kier alpha value is -3.92. The van der Waals surface area contributed by atoms with Crippen molar-refractivity contribution in [2.75, 3.05) is 6.54 Å². The molecule has 3 rings (SSSR count). The molecule has 1 aromatic carbocycles. The van der Waals surface area contributed by atoms with Crippen LogP contribution >= 0.6 is 0 Å². The molecule has 0 spiro atoms. The molecule has 2 heterocycles. The molecule has 0 saturated heterocycles. The van der Waals surface area contributed by atoms with Crippen molar-refractivity contribution in [3.8, 4) is 17.4 Å². The van der Waals surface area contributed by atoms with Gasteiger partial charge >= 0.3 is 5.97 Å². The van der Waals surface area contributed by atoms with Crippen molar-refractivity contribution in [2.45, 2.75) is 13.8 Å². The van der Waals surface area contributed by atoms with Gasteiger partial charge in [0.1, 0.15) is 23.2 Å². The molecule has 0 aliphatic carbocycles. The number of nitriles is 1. The number of imide groups is 1. The molecule has 2 amide bonds. The lowest BCUT2D eigenvalue weighted by atomic mass is 9.95. The lowest BCUT2D eigenvalue weighted by Crippen LogP contribution is -2.42. The molecule has 2 aromatic rings. The van der Waals surface area contributed by atoms with Gasteiger partial charge in [-0.3, -0.25) is 14.5 Å². The van der Waals surface area contributed by atoms with Gasteiger partial charge in [-0.2, -0.15) is 5.26 Å². The third-order valence-corrected chi connectivity index (χ3v) is 4.45. The number of rotatable bonds is 4. The van der Waals surface area contributed by atoms with Crippen LogP contribution in [0.4, 0.5) is 0 Å². The second-order valence-electron chi connectivity index (χ2n) is 6.11. The minimum atomic E-state index is -1.04. The Morgan fingerprint density at radius 1 is 1.25 bits per heavy atom. The molecule has 1 aromatic heterocycles. The summed E-state index contributed by atoms with van der Waals surface area (Å²) in [6.07, 6.45) is 1.48. The van der Waals surface area contributed by atoms with Gasteiger partial charge in [0.2, 0.25) is 0 Å². The van der Waals surface area contributed by atoms with Gasteiger partial charge < -0.3 is 9.52 Å². The van der Waals surface area contributed by atoms with Crippen molar-refractivity contribution < 1.29 is 23.9 Å². The van der Waals surface area contributed by atoms with Gasteiger partial charge in [0.05, 0.1) is 5.56 Å². The van der Waals surface area contributed by atoms with Crippen molar-refractivity contribution in [1.82, 2.24) is 4.90 Å². The molecule has 7 nitrogen and oxygen atoms in total. The summed E-state index contributed by atoms with van der Waals surface area (Å²) < 4.78 is 5.74. The fraction of sp³-hybridized carbons (Fsp3) is 0.143. The molecule has 0 fully saturated rings. The van der Waals surface area contributed by atoms with Crippen LogP contribution in [0, 0.1) is 11.3 Å². The number of hydrogen-bond donors (Lipinski definition) is 1. The number of benzene rings is 1. The second kappa shape index (κ2) is 7.37. The molecular formula is C21H16N2O5. The third kappa shape index (κ3) is 3.23. The van der Waals surface area contributed by atoms with E-state index >= 15 is 0 Å². The third-order valence-electron chi connectivity index (χ3n) is 4.45. The van der Waals surface area contributed by atoms with E-state index in [2.05, 4.69) is 0 Å². The van der Waals surface area contributed by atoms with E-state index < -0.39 is 17.8 Å². The maximum atomic E-state index is 12.6. The maximum absolute atomic E-state index is 12.6. The number of hydrogen-bond acceptors (Lipinski definition) is 5. The summed E-state index contributed by atoms with van der Waals surface area (Å²) >= 11 is 0. The second-order valence-corrected chi connectivity index (χ2v) is 6.11. The summed E-state index contributed by atoms with van der Waals surface area (Å²) in [5, 5.41) is 18.4. The number of carboxylic acid groups (broad SMARTS) is 1. The predicted molar refractivity (Wildman–Crippen MR) is 99.8 cm³/mol. The zero-order chi connectivity index (χ0) is 20.4. The number of amides is 2. The largest absolute Gasteiger partial charge is 0.478 e. The molecule has 1 N–H and O–H groups in total. The van der Waals surface area contributed by atoms with Crippen LogP contribution in [0.1, 0.15) is 30.0 Å². The molecule has 140 valence electrons. The SMILES string of the molecule is CCN1C(=O)C(C#N)=C(C)/C(=C/c2ccc(-c3cccc(C(=O)O)c3)o2)C1=O. The van der Waals surface area contributed by atoms with E-state index in [0.717, 1.165) is 4.90 Å². The van der Waals surface area contributed by atoms with E-state index in [0.29, 0.717) is 22.7 Å². The van der Waals surface area contributed by atoms with Crippen LogP contribution in [0.25, 0.3) is 17.4 Å². The Labute approximate surface area is 160 Å². The number of carbonyl (C=O) groups is 3. The summed E-state index contributed by atoms with van der Waals surface area (Å²) in [6, 6.07) is 11.4. The molecule has 7 heteroatoms. The minimum absolute atomic E-state index is 0.0753. The van der Waals surface area contributed by atoms with Gasteiger partial charge in [0, 0.05) is 17.7 Å². The summed E-state index contributed by atoms with van der Waals surface area (Å²) in [4.78, 5) is 37.0. The Bertz CT molecular complexity index is 1100. The van der Waals surface area contributed by atoms with Crippen molar-refractivity contribution >= 4 is 23.9 Å². The molecule has 0 bridgehead atoms. The first-order valence-corrected chi connectivity index (χ1v) is 8.50. The first kappa shape index (κ1) is 18.9. The highest BCUT2D eigenvalue weighted by Gasteiger charge is 2.34. The van der Waals surface area contributed by atoms with E-state index in [4.69, 9.17) is 9.52 Å². The van der Waals surface area contributed by atoms with E-state index in [1.807, 2.05) is 6.07 Å². The predicted octanol–water partition coefficient (Wildman–Crippen LogP) is 3.26. The topological polar surface area (TPSA) is 112 Å². The molecular weight excluding hydrogens is 360 g/mol. The Morgan fingerprint density at radius 2 is 2.00 bits per heavy atom. The van der Waals surface area contributed by atoms with Gasteiger partial charge in [0.25, 0.3) is 11.8 Å². The summed E-state index contributed by atoms with van der Waals surface area (Å²) in [5.41, 5.74) is 1.14. The molecule has 0 atom stereocenters. The van der Waals surface area contributed by atoms with E-state index in [1.165, 1.54) is 18.2 Å². The van der Waals surface area contributed by atoms with Gasteiger partial charge in [-0.25, -0.2) is 4.79 Å². The molecule has 0 saturated carbocycles. The highest BCUT2D eigenvalue weighted by molar-refractivity contribution is 6.19. The Kier molecular flexibility index (Phi) is 4.96. The Balaban J connectivity index is 2.03. The maximum Gasteiger partial charge on any atom is 0.335 e. The molecule has 28 heavy (non-hydrogen) atoms. The highest BCUT2D eigenvalue weighted by atomic mass is 16.4. The molecule has 0 unspecified atom stereocenters. The summed E-state index contributed by atoms with van der Waals surface area (Å²) in [5.74, 6) is -1.35. The van der Waals surface area contributed by atoms with E-state index in [1.54, 1.807) is 38.1 Å². The minimum Gasteiger partial charge on any atom is -0.478 e. The van der Waals surface area contributed by atoms with Crippen molar-refractivity contribution in [2.24, 2.45) is 0 Å². The smallest absolute Gasteiger partial charge is 0.335 e. The van der Waals surface area contributed by atoms with Crippen LogP contribution in [0.5, 0.6) is 0 Å². The normalized spacial score (nSPS) is 15.9. The van der Waals surface area contributed by atoms with Crippen molar-refractivity contribution in [3.63, 3.8) is 0 Å². The highest BCUT2D eigenvalue weighted by Crippen LogP contribution is 2.29. The van der Waals surface area contributed by atoms with E-state index in [-0.39, 0.29) is 23.3 Å². The zero-order valence-electron chi connectivity index (χ0n) is 15.2. The number of aromatic carboxylic acids is 1. The number of nitrogens with zero attached hydrogens (tertiary/aromatic N) is 2. The monoisotopic (exact) mass is 376 g/mol. The van der Waals surface area contributed by atoms with Crippen LogP contribution in [-0.4, -0.2) is 34.3 Å². The molecule has 0 radical (unpaired) electrons. The lowest BCUT2D eigenvalue weighted by molar-refractivity contribution is -0.140. The van der Waals surface area contributed by atoms with Crippen LogP contribution in [0.3, 0.4) is 0 Å². The fourth-order valence-electron chi connectivity index (χ4n) is 2.95. The average molecular weight is 376 g/mol. The first-order chi connectivity index (χ1) is 13.4. The van der Waals surface area contributed by atoms with E-state index in [9.17, 15) is 19.6 Å². The fourth-order valence-corrected chi connectivity index (χ4v) is 2.95. The van der Waals surface area contributed by atoms with Crippen LogP contribution in [-0.2, 0) is 9.59 Å². The summed E-state index contributed by atoms with van der Waals surface area (Å²) in [7, 11) is 0. The van der Waals surface area contributed by atoms with Crippen LogP contribution < -0.4 is 0 Å². The average Bonchev–Trinajstić information content (AvgIpc) is 3.15. The van der Waals surface area contributed by atoms with Crippen molar-refractivity contribution in [3.05, 3.63) is 64.4 Å². The number of furan rings is 1. The van der Waals surface area contributed by atoms with Gasteiger partial charge in [-0.1, -0.05) is 12.1 Å². The Morgan fingerprint density at radius 3 is 2.64 bits per heavy atom. The number of carbonyl (C=O) groups excluding carboxylic acids is 2.